The molecular weight excluding hydrogens is 321 g/mol. The summed E-state index contributed by atoms with van der Waals surface area (Å²) in [6.45, 7) is 3.51. The van der Waals surface area contributed by atoms with Gasteiger partial charge in [0.25, 0.3) is 0 Å². The van der Waals surface area contributed by atoms with Gasteiger partial charge >= 0.3 is 0 Å². The van der Waals surface area contributed by atoms with Gasteiger partial charge in [0.2, 0.25) is 5.91 Å². The number of nitrogens with zero attached hydrogens (tertiary/aromatic N) is 3. The predicted octanol–water partition coefficient (Wildman–Crippen LogP) is 1.71. The molecule has 3 N–H and O–H groups in total. The van der Waals surface area contributed by atoms with E-state index in [-0.39, 0.29) is 11.9 Å². The highest BCUT2D eigenvalue weighted by atomic mass is 19.1. The first kappa shape index (κ1) is 17.3. The molecule has 6 nitrogen and oxygen atoms in total. The summed E-state index contributed by atoms with van der Waals surface area (Å²) >= 11 is 0. The number of piperidine rings is 1. The zero-order valence-corrected chi connectivity index (χ0v) is 14.2. The maximum absolute atomic E-state index is 13.1. The molecule has 0 aliphatic carbocycles. The highest BCUT2D eigenvalue weighted by Gasteiger charge is 2.26. The molecule has 1 aliphatic heterocycles. The number of benzene rings is 1. The zero-order valence-electron chi connectivity index (χ0n) is 14.2. The quantitative estimate of drug-likeness (QED) is 0.863. The molecule has 0 saturated carbocycles. The van der Waals surface area contributed by atoms with Gasteiger partial charge in [0, 0.05) is 19.1 Å². The van der Waals surface area contributed by atoms with E-state index in [1.54, 1.807) is 12.1 Å². The van der Waals surface area contributed by atoms with E-state index in [9.17, 15) is 9.18 Å². The Bertz CT molecular complexity index is 719. The summed E-state index contributed by atoms with van der Waals surface area (Å²) in [6, 6.07) is 9.17. The van der Waals surface area contributed by atoms with Crippen molar-refractivity contribution in [3.8, 4) is 0 Å². The molecule has 2 aromatic rings. The van der Waals surface area contributed by atoms with Gasteiger partial charge in [-0.15, -0.1) is 5.10 Å². The Morgan fingerprint density at radius 1 is 1.28 bits per heavy atom. The van der Waals surface area contributed by atoms with Crippen molar-refractivity contribution in [3.63, 3.8) is 0 Å². The Morgan fingerprint density at radius 2 is 2.04 bits per heavy atom. The minimum absolute atomic E-state index is 0.0828. The highest BCUT2D eigenvalue weighted by molar-refractivity contribution is 5.81. The van der Waals surface area contributed by atoms with Crippen LogP contribution in [-0.4, -0.2) is 35.2 Å². The molecule has 1 saturated heterocycles. The largest absolute Gasteiger partial charge is 0.368 e. The molecule has 1 aliphatic rings. The summed E-state index contributed by atoms with van der Waals surface area (Å²) in [5.74, 6) is 0.0159. The molecule has 2 heterocycles. The van der Waals surface area contributed by atoms with Gasteiger partial charge < -0.3 is 10.6 Å². The number of hydrogen-bond acceptors (Lipinski definition) is 5. The molecule has 2 atom stereocenters. The molecule has 1 fully saturated rings. The van der Waals surface area contributed by atoms with Crippen molar-refractivity contribution < 1.29 is 9.18 Å². The van der Waals surface area contributed by atoms with Crippen molar-refractivity contribution >= 4 is 11.7 Å². The van der Waals surface area contributed by atoms with E-state index in [4.69, 9.17) is 5.73 Å². The van der Waals surface area contributed by atoms with Crippen LogP contribution in [0.5, 0.6) is 0 Å². The van der Waals surface area contributed by atoms with E-state index in [1.807, 2.05) is 19.1 Å². The fourth-order valence-corrected chi connectivity index (χ4v) is 3.12. The number of anilines is 1. The van der Waals surface area contributed by atoms with Crippen molar-refractivity contribution in [2.24, 2.45) is 5.73 Å². The van der Waals surface area contributed by atoms with Crippen LogP contribution >= 0.6 is 0 Å². The monoisotopic (exact) mass is 343 g/mol. The van der Waals surface area contributed by atoms with Gasteiger partial charge in [-0.2, -0.15) is 5.10 Å². The lowest BCUT2D eigenvalue weighted by molar-refractivity contribution is -0.120. The molecular formula is C18H22FN5O. The fourth-order valence-electron chi connectivity index (χ4n) is 3.12. The van der Waals surface area contributed by atoms with Gasteiger partial charge in [-0.3, -0.25) is 10.1 Å². The van der Waals surface area contributed by atoms with Crippen molar-refractivity contribution in [2.45, 2.75) is 31.8 Å². The SMILES string of the molecule is Cc1ccc(N2CCC[C@H](N[C@@H](C(N)=O)c3ccc(F)cc3)C2)nn1. The maximum atomic E-state index is 13.1. The lowest BCUT2D eigenvalue weighted by atomic mass is 10.0. The van der Waals surface area contributed by atoms with Crippen LogP contribution in [0.1, 0.15) is 30.1 Å². The summed E-state index contributed by atoms with van der Waals surface area (Å²) in [7, 11) is 0. The molecule has 3 rings (SSSR count). The number of rotatable bonds is 5. The third-order valence-corrected chi connectivity index (χ3v) is 4.42. The van der Waals surface area contributed by atoms with Gasteiger partial charge in [0.15, 0.2) is 5.82 Å². The normalized spacial score (nSPS) is 18.8. The van der Waals surface area contributed by atoms with Gasteiger partial charge in [0.05, 0.1) is 5.69 Å². The van der Waals surface area contributed by atoms with Crippen molar-refractivity contribution in [2.75, 3.05) is 18.0 Å². The van der Waals surface area contributed by atoms with Gasteiger partial charge in [-0.25, -0.2) is 4.39 Å². The summed E-state index contributed by atoms with van der Waals surface area (Å²) in [4.78, 5) is 14.0. The second-order valence-electron chi connectivity index (χ2n) is 6.37. The molecule has 0 radical (unpaired) electrons. The number of hydrogen-bond donors (Lipinski definition) is 2. The van der Waals surface area contributed by atoms with Crippen LogP contribution in [0, 0.1) is 12.7 Å². The molecule has 0 bridgehead atoms. The topological polar surface area (TPSA) is 84.1 Å². The summed E-state index contributed by atoms with van der Waals surface area (Å²) in [6.07, 6.45) is 1.91. The molecule has 0 unspecified atom stereocenters. The summed E-state index contributed by atoms with van der Waals surface area (Å²) in [5.41, 5.74) is 7.10. The van der Waals surface area contributed by atoms with Crippen LogP contribution in [0.4, 0.5) is 10.2 Å². The molecule has 132 valence electrons. The zero-order chi connectivity index (χ0) is 17.8. The second-order valence-corrected chi connectivity index (χ2v) is 6.37. The van der Waals surface area contributed by atoms with E-state index in [2.05, 4.69) is 20.4 Å². The molecule has 0 spiro atoms. The Balaban J connectivity index is 1.70. The van der Waals surface area contributed by atoms with Crippen LogP contribution in [0.2, 0.25) is 0 Å². The van der Waals surface area contributed by atoms with Crippen molar-refractivity contribution in [1.82, 2.24) is 15.5 Å². The van der Waals surface area contributed by atoms with Crippen LogP contribution in [-0.2, 0) is 4.79 Å². The van der Waals surface area contributed by atoms with Gasteiger partial charge in [0.1, 0.15) is 11.9 Å². The molecule has 25 heavy (non-hydrogen) atoms. The average Bonchev–Trinajstić information content (AvgIpc) is 2.61. The van der Waals surface area contributed by atoms with E-state index in [0.29, 0.717) is 12.1 Å². The van der Waals surface area contributed by atoms with Crippen LogP contribution < -0.4 is 16.0 Å². The predicted molar refractivity (Wildman–Crippen MR) is 93.5 cm³/mol. The third-order valence-electron chi connectivity index (χ3n) is 4.42. The minimum atomic E-state index is -0.644. The first-order valence-corrected chi connectivity index (χ1v) is 8.39. The first-order valence-electron chi connectivity index (χ1n) is 8.39. The molecule has 1 aromatic heterocycles. The lowest BCUT2D eigenvalue weighted by Crippen LogP contribution is -2.49. The highest BCUT2D eigenvalue weighted by Crippen LogP contribution is 2.21. The molecule has 7 heteroatoms. The Hall–Kier alpha value is -2.54. The Labute approximate surface area is 146 Å². The van der Waals surface area contributed by atoms with E-state index in [1.165, 1.54) is 12.1 Å². The second kappa shape index (κ2) is 7.57. The number of nitrogens with two attached hydrogens (primary N) is 1. The maximum Gasteiger partial charge on any atom is 0.239 e. The summed E-state index contributed by atoms with van der Waals surface area (Å²) < 4.78 is 13.1. The molecule has 1 amide bonds. The van der Waals surface area contributed by atoms with Crippen LogP contribution in [0.25, 0.3) is 0 Å². The number of primary amides is 1. The van der Waals surface area contributed by atoms with Gasteiger partial charge in [-0.1, -0.05) is 12.1 Å². The Morgan fingerprint density at radius 3 is 2.68 bits per heavy atom. The first-order chi connectivity index (χ1) is 12.0. The summed E-state index contributed by atoms with van der Waals surface area (Å²) in [5, 5.41) is 11.7. The van der Waals surface area contributed by atoms with E-state index < -0.39 is 11.9 Å². The van der Waals surface area contributed by atoms with E-state index >= 15 is 0 Å². The standard InChI is InChI=1S/C18H22FN5O/c1-12-4-9-16(23-22-12)24-10-2-3-15(11-24)21-17(18(20)25)13-5-7-14(19)8-6-13/h4-9,15,17,21H,2-3,10-11H2,1H3,(H2,20,25)/t15-,17+/m0/s1. The number of carbonyl (C=O) groups excluding carboxylic acids is 1. The average molecular weight is 343 g/mol. The smallest absolute Gasteiger partial charge is 0.239 e. The minimum Gasteiger partial charge on any atom is -0.368 e. The number of carbonyl (C=O) groups is 1. The fraction of sp³-hybridized carbons (Fsp3) is 0.389. The number of amides is 1. The van der Waals surface area contributed by atoms with Gasteiger partial charge in [-0.05, 0) is 49.6 Å². The van der Waals surface area contributed by atoms with Crippen molar-refractivity contribution in [3.05, 3.63) is 53.5 Å². The van der Waals surface area contributed by atoms with Crippen LogP contribution in [0.15, 0.2) is 36.4 Å². The number of halogens is 1. The van der Waals surface area contributed by atoms with Crippen LogP contribution in [0.3, 0.4) is 0 Å². The molecule has 1 aromatic carbocycles. The lowest BCUT2D eigenvalue weighted by Gasteiger charge is -2.35. The van der Waals surface area contributed by atoms with Crippen molar-refractivity contribution in [1.29, 1.82) is 0 Å². The number of aromatic nitrogens is 2. The third kappa shape index (κ3) is 4.30. The Kier molecular flexibility index (Phi) is 5.23. The number of nitrogens with one attached hydrogen (secondary N) is 1. The van der Waals surface area contributed by atoms with E-state index in [0.717, 1.165) is 30.9 Å². The number of aryl methyl sites for hydroxylation is 1.